The molecule has 1 aliphatic rings. The van der Waals surface area contributed by atoms with Crippen molar-refractivity contribution in [1.82, 2.24) is 10.2 Å². The normalized spacial score (nSPS) is 14.3. The molecule has 0 amide bonds. The van der Waals surface area contributed by atoms with Crippen LogP contribution in [0.25, 0.3) is 0 Å². The second-order valence-corrected chi connectivity index (χ2v) is 6.81. The van der Waals surface area contributed by atoms with Gasteiger partial charge in [0.25, 0.3) is 11.4 Å². The summed E-state index contributed by atoms with van der Waals surface area (Å²) in [5, 5.41) is 25.3. The van der Waals surface area contributed by atoms with Crippen LogP contribution in [0.15, 0.2) is 53.5 Å². The van der Waals surface area contributed by atoms with Crippen LogP contribution in [0.4, 0.5) is 11.4 Å². The molecule has 1 fully saturated rings. The molecule has 0 aliphatic carbocycles. The van der Waals surface area contributed by atoms with Crippen molar-refractivity contribution in [3.05, 3.63) is 79.9 Å². The van der Waals surface area contributed by atoms with Gasteiger partial charge in [-0.3, -0.25) is 25.2 Å². The third-order valence-electron chi connectivity index (χ3n) is 4.44. The molecule has 11 heteroatoms. The molecule has 3 rings (SSSR count). The van der Waals surface area contributed by atoms with E-state index in [0.717, 1.165) is 5.56 Å². The number of nitro benzene ring substituents is 2. The lowest BCUT2D eigenvalue weighted by Gasteiger charge is -2.29. The number of aliphatic imine (C=N–C) groups is 1. The van der Waals surface area contributed by atoms with Crippen LogP contribution in [0.2, 0.25) is 0 Å². The number of nitrogens with one attached hydrogen (secondary N) is 1. The number of ether oxygens (including phenoxy) is 1. The molecule has 1 heterocycles. The summed E-state index contributed by atoms with van der Waals surface area (Å²) in [4.78, 5) is 27.3. The highest BCUT2D eigenvalue weighted by atomic mass is 32.1. The molecule has 0 atom stereocenters. The summed E-state index contributed by atoms with van der Waals surface area (Å²) in [6.07, 6.45) is 0. The van der Waals surface area contributed by atoms with Crippen LogP contribution >= 0.6 is 12.2 Å². The number of rotatable bonds is 5. The fraction of sp³-hybridized carbons (Fsp3) is 0.263. The Kier molecular flexibility index (Phi) is 6.99. The third kappa shape index (κ3) is 5.55. The van der Waals surface area contributed by atoms with E-state index in [0.29, 0.717) is 42.8 Å². The van der Waals surface area contributed by atoms with Gasteiger partial charge in [-0.25, -0.2) is 0 Å². The number of hydrogen-bond acceptors (Lipinski definition) is 7. The van der Waals surface area contributed by atoms with Crippen LogP contribution in [-0.2, 0) is 11.3 Å². The fourth-order valence-electron chi connectivity index (χ4n) is 2.78. The number of nitro groups is 2. The lowest BCUT2D eigenvalue weighted by molar-refractivity contribution is -0.385. The summed E-state index contributed by atoms with van der Waals surface area (Å²) >= 11 is 5.49. The smallest absolute Gasteiger partial charge is 0.269 e. The summed E-state index contributed by atoms with van der Waals surface area (Å²) in [5.74, 6) is 0.458. The average Bonchev–Trinajstić information content (AvgIpc) is 2.77. The Bertz CT molecular complexity index is 956. The van der Waals surface area contributed by atoms with E-state index in [1.165, 1.54) is 24.3 Å². The molecule has 2 aromatic carbocycles. The van der Waals surface area contributed by atoms with Gasteiger partial charge >= 0.3 is 0 Å². The Morgan fingerprint density at radius 2 is 1.53 bits per heavy atom. The van der Waals surface area contributed by atoms with Crippen LogP contribution < -0.4 is 5.32 Å². The summed E-state index contributed by atoms with van der Waals surface area (Å²) < 4.78 is 5.34. The van der Waals surface area contributed by atoms with Crippen LogP contribution in [0.5, 0.6) is 0 Å². The first-order valence-corrected chi connectivity index (χ1v) is 9.51. The van der Waals surface area contributed by atoms with Crippen molar-refractivity contribution in [1.29, 1.82) is 0 Å². The molecule has 156 valence electrons. The molecule has 10 nitrogen and oxygen atoms in total. The molecule has 0 unspecified atom stereocenters. The third-order valence-corrected chi connectivity index (χ3v) is 4.80. The van der Waals surface area contributed by atoms with Crippen molar-refractivity contribution in [2.24, 2.45) is 4.99 Å². The minimum Gasteiger partial charge on any atom is -0.378 e. The van der Waals surface area contributed by atoms with Crippen molar-refractivity contribution >= 4 is 34.5 Å². The molecule has 0 radical (unpaired) electrons. The number of non-ortho nitro benzene ring substituents is 2. The van der Waals surface area contributed by atoms with Crippen molar-refractivity contribution in [3.8, 4) is 0 Å². The van der Waals surface area contributed by atoms with E-state index in [4.69, 9.17) is 17.0 Å². The zero-order chi connectivity index (χ0) is 21.5. The minimum absolute atomic E-state index is 0.00458. The summed E-state index contributed by atoms with van der Waals surface area (Å²) in [6.45, 7) is 2.72. The Morgan fingerprint density at radius 3 is 2.07 bits per heavy atom. The van der Waals surface area contributed by atoms with Gasteiger partial charge in [-0.05, 0) is 29.9 Å². The minimum atomic E-state index is -0.469. The first-order valence-electron chi connectivity index (χ1n) is 9.10. The second kappa shape index (κ2) is 9.85. The number of morpholine rings is 1. The van der Waals surface area contributed by atoms with Crippen molar-refractivity contribution in [2.75, 3.05) is 26.3 Å². The number of thiocarbonyl (C=S) groups is 1. The van der Waals surface area contributed by atoms with E-state index >= 15 is 0 Å². The zero-order valence-electron chi connectivity index (χ0n) is 15.9. The second-order valence-electron chi connectivity index (χ2n) is 6.42. The molecule has 1 aliphatic heterocycles. The highest BCUT2D eigenvalue weighted by molar-refractivity contribution is 7.80. The van der Waals surface area contributed by atoms with Crippen LogP contribution in [0.3, 0.4) is 0 Å². The van der Waals surface area contributed by atoms with Gasteiger partial charge < -0.3 is 15.0 Å². The van der Waals surface area contributed by atoms with Crippen LogP contribution in [0, 0.1) is 20.2 Å². The van der Waals surface area contributed by atoms with Crippen molar-refractivity contribution < 1.29 is 14.6 Å². The Balaban J connectivity index is 1.81. The van der Waals surface area contributed by atoms with E-state index in [2.05, 4.69) is 10.3 Å². The predicted molar refractivity (Wildman–Crippen MR) is 115 cm³/mol. The molecule has 30 heavy (non-hydrogen) atoms. The van der Waals surface area contributed by atoms with Gasteiger partial charge in [-0.15, -0.1) is 0 Å². The molecule has 1 N–H and O–H groups in total. The Labute approximate surface area is 177 Å². The monoisotopic (exact) mass is 429 g/mol. The molecule has 1 saturated heterocycles. The molecular formula is C19H19N5O5S. The maximum absolute atomic E-state index is 10.9. The van der Waals surface area contributed by atoms with Gasteiger partial charge in [0.2, 0.25) is 0 Å². The molecule has 0 saturated carbocycles. The molecule has 0 spiro atoms. The first kappa shape index (κ1) is 21.3. The lowest BCUT2D eigenvalue weighted by atomic mass is 10.1. The van der Waals surface area contributed by atoms with E-state index in [9.17, 15) is 20.2 Å². The molecular weight excluding hydrogens is 410 g/mol. The largest absolute Gasteiger partial charge is 0.378 e. The van der Waals surface area contributed by atoms with Crippen LogP contribution in [-0.4, -0.2) is 52.0 Å². The quantitative estimate of drug-likeness (QED) is 0.253. The summed E-state index contributed by atoms with van der Waals surface area (Å²) in [6, 6.07) is 12.1. The van der Waals surface area contributed by atoms with Gasteiger partial charge in [0.15, 0.2) is 5.11 Å². The van der Waals surface area contributed by atoms with Gasteiger partial charge in [0.05, 0.1) is 29.6 Å². The SMILES string of the molecule is O=[N+]([O-])c1ccc(CN=C(NC(=S)N2CCOCC2)c2ccc([N+](=O)[O-])cc2)cc1. The van der Waals surface area contributed by atoms with E-state index in [1.54, 1.807) is 24.3 Å². The fourth-order valence-corrected chi connectivity index (χ4v) is 3.06. The van der Waals surface area contributed by atoms with E-state index in [1.807, 2.05) is 4.90 Å². The highest BCUT2D eigenvalue weighted by Gasteiger charge is 2.16. The standard InChI is InChI=1S/C19H19N5O5S/c25-23(26)16-5-1-14(2-6-16)13-20-18(15-3-7-17(8-4-15)24(27)28)21-19(30)22-9-11-29-12-10-22/h1-8H,9-13H2,(H,20,21,30). The highest BCUT2D eigenvalue weighted by Crippen LogP contribution is 2.15. The molecule has 0 bridgehead atoms. The number of hydrogen-bond donors (Lipinski definition) is 1. The first-order chi connectivity index (χ1) is 14.4. The van der Waals surface area contributed by atoms with Crippen LogP contribution in [0.1, 0.15) is 11.1 Å². The Hall–Kier alpha value is -3.44. The van der Waals surface area contributed by atoms with Gasteiger partial charge in [-0.2, -0.15) is 0 Å². The molecule has 0 aromatic heterocycles. The number of amidine groups is 1. The predicted octanol–water partition coefficient (Wildman–Crippen LogP) is 2.66. The maximum atomic E-state index is 10.9. The van der Waals surface area contributed by atoms with E-state index in [-0.39, 0.29) is 17.9 Å². The Morgan fingerprint density at radius 1 is 1.00 bits per heavy atom. The van der Waals surface area contributed by atoms with Gasteiger partial charge in [-0.1, -0.05) is 12.1 Å². The zero-order valence-corrected chi connectivity index (χ0v) is 16.7. The maximum Gasteiger partial charge on any atom is 0.269 e. The van der Waals surface area contributed by atoms with Gasteiger partial charge in [0, 0.05) is 42.9 Å². The van der Waals surface area contributed by atoms with Crippen molar-refractivity contribution in [2.45, 2.75) is 6.54 Å². The summed E-state index contributed by atoms with van der Waals surface area (Å²) in [5.41, 5.74) is 1.39. The van der Waals surface area contributed by atoms with Crippen molar-refractivity contribution in [3.63, 3.8) is 0 Å². The summed E-state index contributed by atoms with van der Waals surface area (Å²) in [7, 11) is 0. The average molecular weight is 429 g/mol. The topological polar surface area (TPSA) is 123 Å². The lowest BCUT2D eigenvalue weighted by Crippen LogP contribution is -2.48. The molecule has 2 aromatic rings. The van der Waals surface area contributed by atoms with E-state index < -0.39 is 9.85 Å². The van der Waals surface area contributed by atoms with Gasteiger partial charge in [0.1, 0.15) is 5.84 Å². The number of nitrogens with zero attached hydrogens (tertiary/aromatic N) is 4. The number of benzene rings is 2.